The van der Waals surface area contributed by atoms with E-state index in [-0.39, 0.29) is 15.8 Å². The van der Waals surface area contributed by atoms with Gasteiger partial charge in [-0.1, -0.05) is 12.1 Å². The number of amidine groups is 1. The molecule has 29 heavy (non-hydrogen) atoms. The van der Waals surface area contributed by atoms with Crippen molar-refractivity contribution in [2.75, 3.05) is 7.11 Å². The predicted molar refractivity (Wildman–Crippen MR) is 104 cm³/mol. The second kappa shape index (κ2) is 9.11. The van der Waals surface area contributed by atoms with Gasteiger partial charge in [-0.25, -0.2) is 13.6 Å². The van der Waals surface area contributed by atoms with E-state index in [0.717, 1.165) is 36.0 Å². The fraction of sp³-hybridized carbons (Fsp3) is 0.0526. The van der Waals surface area contributed by atoms with Crippen LogP contribution in [0.1, 0.15) is 5.56 Å². The van der Waals surface area contributed by atoms with Crippen molar-refractivity contribution in [2.24, 2.45) is 10.2 Å². The number of nitrogens with zero attached hydrogens (tertiary/aromatic N) is 2. The number of nitrogens with one attached hydrogen (secondary N) is 1. The van der Waals surface area contributed by atoms with Gasteiger partial charge in [-0.3, -0.25) is 10.1 Å². The van der Waals surface area contributed by atoms with Crippen molar-refractivity contribution in [3.63, 3.8) is 0 Å². The van der Waals surface area contributed by atoms with Gasteiger partial charge < -0.3 is 9.47 Å². The summed E-state index contributed by atoms with van der Waals surface area (Å²) in [6, 6.07) is 9.52. The average Bonchev–Trinajstić information content (AvgIpc) is 3.01. The minimum absolute atomic E-state index is 0.00846. The minimum Gasteiger partial charge on any atom is -0.466 e. The summed E-state index contributed by atoms with van der Waals surface area (Å²) in [5, 5.41) is 10.4. The number of para-hydroxylation sites is 1. The lowest BCUT2D eigenvalue weighted by Crippen LogP contribution is -2.19. The molecule has 2 aromatic rings. The van der Waals surface area contributed by atoms with E-state index in [2.05, 4.69) is 20.3 Å². The molecule has 1 amide bonds. The molecule has 0 aliphatic carbocycles. The Bertz CT molecular complexity index is 1030. The number of amides is 1. The van der Waals surface area contributed by atoms with Crippen LogP contribution in [-0.4, -0.2) is 30.4 Å². The molecular weight excluding hydrogens is 404 g/mol. The lowest BCUT2D eigenvalue weighted by Gasteiger charge is -2.08. The summed E-state index contributed by atoms with van der Waals surface area (Å²) < 4.78 is 36.7. The van der Waals surface area contributed by atoms with E-state index in [1.54, 1.807) is 24.3 Å². The van der Waals surface area contributed by atoms with E-state index in [1.165, 1.54) is 13.3 Å². The normalized spacial score (nSPS) is 16.4. The Hall–Kier alpha value is -3.53. The molecule has 1 aliphatic rings. The van der Waals surface area contributed by atoms with Crippen molar-refractivity contribution in [2.45, 2.75) is 0 Å². The number of hydrogen-bond acceptors (Lipinski definition) is 7. The van der Waals surface area contributed by atoms with Gasteiger partial charge in [0.25, 0.3) is 5.91 Å². The molecule has 148 valence electrons. The minimum atomic E-state index is -0.762. The quantitative estimate of drug-likeness (QED) is 0.349. The third-order valence-electron chi connectivity index (χ3n) is 3.43. The molecule has 10 heteroatoms. The Balaban J connectivity index is 1.75. The smallest absolute Gasteiger partial charge is 0.331 e. The van der Waals surface area contributed by atoms with Crippen LogP contribution in [0.25, 0.3) is 0 Å². The molecular formula is C19H13F2N3O4S. The molecule has 3 rings (SSSR count). The first-order valence-electron chi connectivity index (χ1n) is 8.07. The van der Waals surface area contributed by atoms with E-state index in [4.69, 9.17) is 4.74 Å². The van der Waals surface area contributed by atoms with Crippen molar-refractivity contribution >= 4 is 35.0 Å². The van der Waals surface area contributed by atoms with Gasteiger partial charge in [0, 0.05) is 29.8 Å². The first-order valence-corrected chi connectivity index (χ1v) is 8.89. The zero-order chi connectivity index (χ0) is 20.8. The van der Waals surface area contributed by atoms with E-state index >= 15 is 0 Å². The van der Waals surface area contributed by atoms with Gasteiger partial charge in [-0.15, -0.1) is 5.10 Å². The van der Waals surface area contributed by atoms with E-state index in [0.29, 0.717) is 11.3 Å². The van der Waals surface area contributed by atoms with Gasteiger partial charge in [0.05, 0.1) is 18.2 Å². The summed E-state index contributed by atoms with van der Waals surface area (Å²) in [5.74, 6) is -2.38. The molecule has 0 bridgehead atoms. The highest BCUT2D eigenvalue weighted by molar-refractivity contribution is 8.18. The fourth-order valence-corrected chi connectivity index (χ4v) is 2.92. The highest BCUT2D eigenvalue weighted by Gasteiger charge is 2.25. The number of rotatable bonds is 5. The van der Waals surface area contributed by atoms with Gasteiger partial charge in [0.2, 0.25) is 0 Å². The van der Waals surface area contributed by atoms with Crippen molar-refractivity contribution in [3.8, 4) is 11.5 Å². The highest BCUT2D eigenvalue weighted by Crippen LogP contribution is 2.26. The average molecular weight is 417 g/mol. The molecule has 1 fully saturated rings. The standard InChI is InChI=1S/C19H13F2N3O4S/c1-27-17(25)9-16-18(26)23-19(29-16)24-22-10-11-4-2-3-5-15(11)28-14-7-12(20)6-13(21)8-14/h2-10H,1H3,(H,23,24,26)/b16-9+,22-10?. The SMILES string of the molecule is COC(=O)/C=C1/S/C(=N\N=Cc2ccccc2Oc2cc(F)cc(F)c2)NC1=O. The van der Waals surface area contributed by atoms with Gasteiger partial charge in [-0.05, 0) is 23.9 Å². The molecule has 0 radical (unpaired) electrons. The lowest BCUT2D eigenvalue weighted by atomic mass is 10.2. The number of carbonyl (C=O) groups is 2. The maximum Gasteiger partial charge on any atom is 0.331 e. The van der Waals surface area contributed by atoms with Crippen molar-refractivity contribution in [1.29, 1.82) is 0 Å². The molecule has 1 aliphatic heterocycles. The van der Waals surface area contributed by atoms with Gasteiger partial charge in [0.15, 0.2) is 5.17 Å². The fourth-order valence-electron chi connectivity index (χ4n) is 2.18. The summed E-state index contributed by atoms with van der Waals surface area (Å²) in [5.41, 5.74) is 0.487. The number of ether oxygens (including phenoxy) is 2. The molecule has 1 saturated heterocycles. The molecule has 0 aromatic heterocycles. The van der Waals surface area contributed by atoms with Crippen LogP contribution >= 0.6 is 11.8 Å². The summed E-state index contributed by atoms with van der Waals surface area (Å²) in [6.07, 6.45) is 2.40. The highest BCUT2D eigenvalue weighted by atomic mass is 32.2. The molecule has 1 heterocycles. The van der Waals surface area contributed by atoms with Crippen LogP contribution in [0.3, 0.4) is 0 Å². The van der Waals surface area contributed by atoms with Crippen LogP contribution < -0.4 is 10.1 Å². The number of benzene rings is 2. The third-order valence-corrected chi connectivity index (χ3v) is 4.33. The number of hydrogen-bond donors (Lipinski definition) is 1. The predicted octanol–water partition coefficient (Wildman–Crippen LogP) is 3.37. The number of methoxy groups -OCH3 is 1. The summed E-state index contributed by atoms with van der Waals surface area (Å²) in [6.45, 7) is 0. The third kappa shape index (κ3) is 5.48. The number of thioether (sulfide) groups is 1. The molecule has 0 spiro atoms. The Kier molecular flexibility index (Phi) is 6.35. The Labute approximate surface area is 168 Å². The Morgan fingerprint density at radius 3 is 2.62 bits per heavy atom. The van der Waals surface area contributed by atoms with Crippen molar-refractivity contribution < 1.29 is 27.8 Å². The van der Waals surface area contributed by atoms with E-state index in [9.17, 15) is 18.4 Å². The largest absolute Gasteiger partial charge is 0.466 e. The molecule has 1 N–H and O–H groups in total. The second-order valence-corrected chi connectivity index (χ2v) is 6.51. The molecule has 0 saturated carbocycles. The Morgan fingerprint density at radius 2 is 1.90 bits per heavy atom. The van der Waals surface area contributed by atoms with Crippen LogP contribution in [0, 0.1) is 11.6 Å². The van der Waals surface area contributed by atoms with Crippen molar-refractivity contribution in [1.82, 2.24) is 5.32 Å². The molecule has 7 nitrogen and oxygen atoms in total. The molecule has 0 atom stereocenters. The number of esters is 1. The first-order chi connectivity index (χ1) is 13.9. The van der Waals surface area contributed by atoms with Crippen LogP contribution in [0.2, 0.25) is 0 Å². The maximum absolute atomic E-state index is 13.3. The van der Waals surface area contributed by atoms with Crippen LogP contribution in [0.4, 0.5) is 8.78 Å². The monoisotopic (exact) mass is 417 g/mol. The lowest BCUT2D eigenvalue weighted by molar-refractivity contribution is -0.135. The van der Waals surface area contributed by atoms with E-state index < -0.39 is 23.5 Å². The van der Waals surface area contributed by atoms with Crippen LogP contribution in [0.15, 0.2) is 63.6 Å². The Morgan fingerprint density at radius 1 is 1.17 bits per heavy atom. The second-order valence-electron chi connectivity index (χ2n) is 5.48. The van der Waals surface area contributed by atoms with Gasteiger partial charge in [-0.2, -0.15) is 5.10 Å². The van der Waals surface area contributed by atoms with Crippen LogP contribution in [0.5, 0.6) is 11.5 Å². The summed E-state index contributed by atoms with van der Waals surface area (Å²) >= 11 is 0.929. The number of carbonyl (C=O) groups excluding carboxylic acids is 2. The summed E-state index contributed by atoms with van der Waals surface area (Å²) in [4.78, 5) is 23.1. The van der Waals surface area contributed by atoms with Gasteiger partial charge >= 0.3 is 5.97 Å². The van der Waals surface area contributed by atoms with Crippen LogP contribution in [-0.2, 0) is 14.3 Å². The maximum atomic E-state index is 13.3. The zero-order valence-electron chi connectivity index (χ0n) is 14.9. The summed E-state index contributed by atoms with van der Waals surface area (Å²) in [7, 11) is 1.20. The van der Waals surface area contributed by atoms with Crippen molar-refractivity contribution in [3.05, 3.63) is 70.6 Å². The number of halogens is 2. The molecule has 0 unspecified atom stereocenters. The van der Waals surface area contributed by atoms with E-state index in [1.807, 2.05) is 0 Å². The first kappa shape index (κ1) is 20.2. The van der Waals surface area contributed by atoms with Gasteiger partial charge in [0.1, 0.15) is 23.1 Å². The topological polar surface area (TPSA) is 89.3 Å². The zero-order valence-corrected chi connectivity index (χ0v) is 15.7. The molecule has 2 aromatic carbocycles.